The molecule has 3 heteroatoms. The van der Waals surface area contributed by atoms with Gasteiger partial charge in [-0.1, -0.05) is 105 Å². The van der Waals surface area contributed by atoms with Crippen molar-refractivity contribution >= 4 is 61.5 Å². The van der Waals surface area contributed by atoms with Crippen LogP contribution in [0.25, 0.3) is 38.5 Å². The second-order valence-electron chi connectivity index (χ2n) is 12.0. The second-order valence-corrected chi connectivity index (χ2v) is 12.4. The first kappa shape index (κ1) is 27.9. The third kappa shape index (κ3) is 4.96. The zero-order valence-electron chi connectivity index (χ0n) is 25.4. The van der Waals surface area contributed by atoms with E-state index in [1.54, 1.807) is 0 Å². The fourth-order valence-electron chi connectivity index (χ4n) is 7.11. The lowest BCUT2D eigenvalue weighted by Gasteiger charge is -2.05. The Morgan fingerprint density at radius 2 is 1.51 bits per heavy atom. The molecular weight excluding hydrogens is 544 g/mol. The molecule has 0 N–H and O–H groups in total. The van der Waals surface area contributed by atoms with E-state index >= 15 is 0 Å². The van der Waals surface area contributed by atoms with Crippen molar-refractivity contribution in [3.63, 3.8) is 0 Å². The van der Waals surface area contributed by atoms with Crippen molar-refractivity contribution in [2.75, 3.05) is 6.54 Å². The molecule has 0 fully saturated rings. The molecule has 0 saturated carbocycles. The van der Waals surface area contributed by atoms with Crippen LogP contribution >= 0.6 is 11.6 Å². The Balaban J connectivity index is 1.26. The minimum absolute atomic E-state index is 0.911. The van der Waals surface area contributed by atoms with Crippen LogP contribution < -0.4 is 5.35 Å². The van der Waals surface area contributed by atoms with E-state index in [0.29, 0.717) is 0 Å². The first-order valence-electron chi connectivity index (χ1n) is 16.1. The fourth-order valence-corrected chi connectivity index (χ4v) is 7.43. The van der Waals surface area contributed by atoms with Crippen molar-refractivity contribution < 1.29 is 4.58 Å². The van der Waals surface area contributed by atoms with E-state index in [1.807, 2.05) is 0 Å². The smallest absolute Gasteiger partial charge is 0.214 e. The molecule has 0 bridgehead atoms. The topological polar surface area (TPSA) is 7.94 Å². The van der Waals surface area contributed by atoms with Crippen molar-refractivity contribution in [2.45, 2.75) is 65.3 Å². The van der Waals surface area contributed by atoms with Gasteiger partial charge in [-0.2, -0.15) is 4.58 Å². The molecule has 0 amide bonds. The van der Waals surface area contributed by atoms with Gasteiger partial charge in [0.15, 0.2) is 0 Å². The van der Waals surface area contributed by atoms with Gasteiger partial charge >= 0.3 is 0 Å². The van der Waals surface area contributed by atoms with Crippen molar-refractivity contribution in [2.24, 2.45) is 0 Å². The summed E-state index contributed by atoms with van der Waals surface area (Å²) < 4.78 is 5.03. The van der Waals surface area contributed by atoms with Crippen molar-refractivity contribution in [3.8, 4) is 0 Å². The molecule has 5 aromatic rings. The van der Waals surface area contributed by atoms with Crippen LogP contribution in [0, 0.1) is 0 Å². The Hall–Kier alpha value is -3.88. The van der Waals surface area contributed by atoms with Crippen molar-refractivity contribution in [1.82, 2.24) is 4.57 Å². The summed E-state index contributed by atoms with van der Waals surface area (Å²) in [4.78, 5) is 0. The normalized spacial score (nSPS) is 16.6. The van der Waals surface area contributed by atoms with Crippen LogP contribution in [0.1, 0.15) is 64.4 Å². The van der Waals surface area contributed by atoms with Gasteiger partial charge in [0.2, 0.25) is 11.4 Å². The first-order valence-corrected chi connectivity index (χ1v) is 16.5. The molecule has 7 rings (SSSR count). The molecule has 2 heterocycles. The molecule has 0 radical (unpaired) electrons. The molecule has 1 aliphatic heterocycles. The number of aryl methyl sites for hydroxylation is 1. The number of hydrogen-bond donors (Lipinski definition) is 0. The molecule has 43 heavy (non-hydrogen) atoms. The van der Waals surface area contributed by atoms with E-state index in [4.69, 9.17) is 11.6 Å². The monoisotopic (exact) mass is 583 g/mol. The van der Waals surface area contributed by atoms with Crippen molar-refractivity contribution in [1.29, 1.82) is 0 Å². The largest absolute Gasteiger partial charge is 0.340 e. The lowest BCUT2D eigenvalue weighted by atomic mass is 10.0. The van der Waals surface area contributed by atoms with Gasteiger partial charge in [0.05, 0.1) is 10.9 Å². The molecule has 1 aliphatic carbocycles. The summed E-state index contributed by atoms with van der Waals surface area (Å²) in [6.07, 6.45) is 17.1. The molecule has 216 valence electrons. The van der Waals surface area contributed by atoms with Gasteiger partial charge in [-0.15, -0.1) is 0 Å². The molecule has 4 aromatic carbocycles. The van der Waals surface area contributed by atoms with Crippen LogP contribution in [-0.2, 0) is 6.54 Å². The Morgan fingerprint density at radius 3 is 2.33 bits per heavy atom. The fraction of sp³-hybridized carbons (Fsp3) is 0.275. The second kappa shape index (κ2) is 12.0. The number of halogens is 1. The molecule has 0 atom stereocenters. The zero-order chi connectivity index (χ0) is 29.3. The average molecular weight is 584 g/mol. The lowest BCUT2D eigenvalue weighted by molar-refractivity contribution is -0.436. The van der Waals surface area contributed by atoms with Crippen LogP contribution in [0.3, 0.4) is 0 Å². The number of benzene rings is 4. The minimum Gasteiger partial charge on any atom is -0.340 e. The summed E-state index contributed by atoms with van der Waals surface area (Å²) in [7, 11) is 0. The van der Waals surface area contributed by atoms with Gasteiger partial charge in [-0.25, -0.2) is 0 Å². The third-order valence-electron chi connectivity index (χ3n) is 9.31. The molecule has 2 aliphatic rings. The van der Waals surface area contributed by atoms with Gasteiger partial charge in [-0.05, 0) is 65.8 Å². The predicted molar refractivity (Wildman–Crippen MR) is 186 cm³/mol. The van der Waals surface area contributed by atoms with Gasteiger partial charge in [-0.3, -0.25) is 0 Å². The zero-order valence-corrected chi connectivity index (χ0v) is 26.1. The highest BCUT2D eigenvalue weighted by atomic mass is 35.5. The summed E-state index contributed by atoms with van der Waals surface area (Å²) in [5, 5.41) is 8.90. The van der Waals surface area contributed by atoms with E-state index in [0.717, 1.165) is 31.0 Å². The Morgan fingerprint density at radius 1 is 0.767 bits per heavy atom. The quantitative estimate of drug-likeness (QED) is 0.114. The van der Waals surface area contributed by atoms with Gasteiger partial charge in [0.25, 0.3) is 0 Å². The average Bonchev–Trinajstić information content (AvgIpc) is 3.65. The van der Waals surface area contributed by atoms with E-state index < -0.39 is 0 Å². The number of allylic oxidation sites excluding steroid dienone is 6. The maximum Gasteiger partial charge on any atom is 0.214 e. The minimum atomic E-state index is 0.911. The van der Waals surface area contributed by atoms with Gasteiger partial charge in [0, 0.05) is 51.8 Å². The van der Waals surface area contributed by atoms with Gasteiger partial charge < -0.3 is 4.57 Å². The highest BCUT2D eigenvalue weighted by Gasteiger charge is 2.30. The Bertz CT molecular complexity index is 2020. The number of rotatable bonds is 10. The molecule has 0 saturated heterocycles. The Labute approximate surface area is 260 Å². The van der Waals surface area contributed by atoms with Crippen molar-refractivity contribution in [3.05, 3.63) is 118 Å². The highest BCUT2D eigenvalue weighted by Crippen LogP contribution is 2.38. The number of unbranched alkanes of at least 4 members (excludes halogenated alkanes) is 3. The highest BCUT2D eigenvalue weighted by molar-refractivity contribution is 6.33. The molecular formula is C40H40ClN2+. The van der Waals surface area contributed by atoms with Crippen LogP contribution in [0.2, 0.25) is 0 Å². The summed E-state index contributed by atoms with van der Waals surface area (Å²) in [6.45, 7) is 6.60. The molecule has 0 unspecified atom stereocenters. The summed E-state index contributed by atoms with van der Waals surface area (Å²) in [5.74, 6) is 0. The van der Waals surface area contributed by atoms with E-state index in [9.17, 15) is 0 Å². The van der Waals surface area contributed by atoms with Crippen LogP contribution in [0.15, 0.2) is 107 Å². The van der Waals surface area contributed by atoms with E-state index in [2.05, 4.69) is 120 Å². The maximum absolute atomic E-state index is 7.11. The number of aromatic nitrogens is 1. The molecule has 2 nitrogen and oxygen atoms in total. The van der Waals surface area contributed by atoms with Crippen LogP contribution in [0.5, 0.6) is 0 Å². The van der Waals surface area contributed by atoms with Gasteiger partial charge in [0.1, 0.15) is 6.54 Å². The van der Waals surface area contributed by atoms with E-state index in [-0.39, 0.29) is 0 Å². The lowest BCUT2D eigenvalue weighted by Crippen LogP contribution is -2.16. The number of nitrogens with zero attached hydrogens (tertiary/aromatic N) is 2. The van der Waals surface area contributed by atoms with Crippen LogP contribution in [-0.4, -0.2) is 21.4 Å². The summed E-state index contributed by atoms with van der Waals surface area (Å²) >= 11 is 7.11. The molecule has 1 aromatic heterocycles. The number of hydrogen-bond acceptors (Lipinski definition) is 0. The molecule has 0 spiro atoms. The van der Waals surface area contributed by atoms with Crippen LogP contribution in [0.4, 0.5) is 5.69 Å². The SMILES string of the molecule is CCCCC[N+]1=C(/C=C/C2=C(Cl)C(=C/C=c3\c4cccc5cccc(c54)n3CCCC)/CC2)c2cccc3cccc1c23. The standard InChI is InChI=1S/C40H40ClN2/c1-3-5-7-27-43-35(33-17-9-13-29-15-11-19-37(43)39(29)33)25-23-31-21-20-30(40(31)41)22-24-34-32-16-8-12-28-14-10-18-36(38(28)32)42(34)26-6-4-2/h8-19,22-25H,3-7,20-21,26-27H2,1-2H3/q+1. The predicted octanol–water partition coefficient (Wildman–Crippen LogP) is 10.4. The summed E-state index contributed by atoms with van der Waals surface area (Å²) in [6, 6.07) is 26.7. The summed E-state index contributed by atoms with van der Waals surface area (Å²) in [5.41, 5.74) is 7.75. The Kier molecular flexibility index (Phi) is 7.80. The third-order valence-corrected chi connectivity index (χ3v) is 9.80. The first-order chi connectivity index (χ1) is 21.2. The van der Waals surface area contributed by atoms with E-state index in [1.165, 1.54) is 98.0 Å². The maximum atomic E-state index is 7.11.